The Kier molecular flexibility index (Phi) is 6.12. The molecule has 0 aliphatic rings. The minimum absolute atomic E-state index is 0.608. The molecule has 1 N–H and O–H groups in total. The predicted octanol–water partition coefficient (Wildman–Crippen LogP) is 2.16. The van der Waals surface area contributed by atoms with Gasteiger partial charge in [0.2, 0.25) is 0 Å². The summed E-state index contributed by atoms with van der Waals surface area (Å²) in [5.74, 6) is 0. The third-order valence-electron chi connectivity index (χ3n) is 2.98. The summed E-state index contributed by atoms with van der Waals surface area (Å²) in [6, 6.07) is 11.3. The first-order valence-corrected chi connectivity index (χ1v) is 6.11. The van der Waals surface area contributed by atoms with Gasteiger partial charge in [-0.3, -0.25) is 0 Å². The second kappa shape index (κ2) is 7.42. The van der Waals surface area contributed by atoms with E-state index >= 15 is 0 Å². The van der Waals surface area contributed by atoms with Gasteiger partial charge in [-0.05, 0) is 46.0 Å². The second-order valence-corrected chi connectivity index (χ2v) is 4.61. The zero-order valence-electron chi connectivity index (χ0n) is 10.7. The molecule has 2 nitrogen and oxygen atoms in total. The van der Waals surface area contributed by atoms with Gasteiger partial charge in [-0.1, -0.05) is 30.3 Å². The Labute approximate surface area is 99.7 Å². The fourth-order valence-corrected chi connectivity index (χ4v) is 1.56. The number of nitrogens with zero attached hydrogens (tertiary/aromatic N) is 1. The van der Waals surface area contributed by atoms with Crippen LogP contribution in [-0.4, -0.2) is 38.1 Å². The molecular weight excluding hydrogens is 196 g/mol. The van der Waals surface area contributed by atoms with Crippen molar-refractivity contribution in [2.45, 2.75) is 25.8 Å². The molecule has 0 amide bonds. The maximum absolute atomic E-state index is 3.50. The highest BCUT2D eigenvalue weighted by molar-refractivity contribution is 5.14. The Balaban J connectivity index is 2.04. The Morgan fingerprint density at radius 3 is 2.50 bits per heavy atom. The standard InChI is InChI=1S/C14H24N2/c1-13(16(2)3)12-15-11-7-10-14-8-5-4-6-9-14/h4-6,8-9,13,15H,7,10-12H2,1-3H3. The summed E-state index contributed by atoms with van der Waals surface area (Å²) >= 11 is 0. The molecule has 0 fully saturated rings. The summed E-state index contributed by atoms with van der Waals surface area (Å²) in [4.78, 5) is 2.24. The maximum Gasteiger partial charge on any atom is 0.0186 e. The van der Waals surface area contributed by atoms with E-state index in [-0.39, 0.29) is 0 Å². The summed E-state index contributed by atoms with van der Waals surface area (Å²) in [7, 11) is 4.24. The monoisotopic (exact) mass is 220 g/mol. The first-order valence-electron chi connectivity index (χ1n) is 6.11. The molecular formula is C14H24N2. The molecule has 1 aromatic carbocycles. The van der Waals surface area contributed by atoms with E-state index in [0.29, 0.717) is 6.04 Å². The summed E-state index contributed by atoms with van der Waals surface area (Å²) < 4.78 is 0. The zero-order valence-corrected chi connectivity index (χ0v) is 10.7. The molecule has 1 unspecified atom stereocenters. The van der Waals surface area contributed by atoms with Crippen LogP contribution in [0.1, 0.15) is 18.9 Å². The Morgan fingerprint density at radius 1 is 1.19 bits per heavy atom. The average Bonchev–Trinajstić information content (AvgIpc) is 2.29. The van der Waals surface area contributed by atoms with Gasteiger partial charge in [0, 0.05) is 12.6 Å². The van der Waals surface area contributed by atoms with Crippen molar-refractivity contribution in [1.29, 1.82) is 0 Å². The molecule has 0 aromatic heterocycles. The number of nitrogens with one attached hydrogen (secondary N) is 1. The molecule has 0 bridgehead atoms. The smallest absolute Gasteiger partial charge is 0.0186 e. The van der Waals surface area contributed by atoms with E-state index in [9.17, 15) is 0 Å². The number of rotatable bonds is 7. The molecule has 1 rings (SSSR count). The molecule has 16 heavy (non-hydrogen) atoms. The summed E-state index contributed by atoms with van der Waals surface area (Å²) in [5, 5.41) is 3.50. The Morgan fingerprint density at radius 2 is 1.88 bits per heavy atom. The van der Waals surface area contributed by atoms with E-state index in [1.807, 2.05) is 0 Å². The summed E-state index contributed by atoms with van der Waals surface area (Å²) in [5.41, 5.74) is 1.44. The normalized spacial score (nSPS) is 13.0. The van der Waals surface area contributed by atoms with Crippen LogP contribution in [0.3, 0.4) is 0 Å². The second-order valence-electron chi connectivity index (χ2n) is 4.61. The van der Waals surface area contributed by atoms with Gasteiger partial charge >= 0.3 is 0 Å². The van der Waals surface area contributed by atoms with Crippen LogP contribution in [0.5, 0.6) is 0 Å². The Hall–Kier alpha value is -0.860. The molecule has 0 spiro atoms. The number of aryl methyl sites for hydroxylation is 1. The third kappa shape index (κ3) is 5.29. The highest BCUT2D eigenvalue weighted by Crippen LogP contribution is 2.01. The minimum Gasteiger partial charge on any atom is -0.315 e. The number of hydrogen-bond acceptors (Lipinski definition) is 2. The molecule has 0 radical (unpaired) electrons. The lowest BCUT2D eigenvalue weighted by Gasteiger charge is -2.19. The minimum atomic E-state index is 0.608. The van der Waals surface area contributed by atoms with Gasteiger partial charge in [0.15, 0.2) is 0 Å². The summed E-state index contributed by atoms with van der Waals surface area (Å²) in [6.45, 7) is 4.42. The predicted molar refractivity (Wildman–Crippen MR) is 70.8 cm³/mol. The van der Waals surface area contributed by atoms with Gasteiger partial charge in [0.1, 0.15) is 0 Å². The van der Waals surface area contributed by atoms with Gasteiger partial charge in [-0.15, -0.1) is 0 Å². The molecule has 2 heteroatoms. The fourth-order valence-electron chi connectivity index (χ4n) is 1.56. The van der Waals surface area contributed by atoms with Crippen LogP contribution in [0, 0.1) is 0 Å². The van der Waals surface area contributed by atoms with Crippen molar-refractivity contribution in [2.75, 3.05) is 27.2 Å². The quantitative estimate of drug-likeness (QED) is 0.708. The SMILES string of the molecule is CC(CNCCCc1ccccc1)N(C)C. The van der Waals surface area contributed by atoms with E-state index in [4.69, 9.17) is 0 Å². The fraction of sp³-hybridized carbons (Fsp3) is 0.571. The van der Waals surface area contributed by atoms with Gasteiger partial charge in [0.05, 0.1) is 0 Å². The van der Waals surface area contributed by atoms with Crippen LogP contribution in [0.4, 0.5) is 0 Å². The van der Waals surface area contributed by atoms with E-state index < -0.39 is 0 Å². The van der Waals surface area contributed by atoms with Crippen LogP contribution >= 0.6 is 0 Å². The molecule has 0 heterocycles. The van der Waals surface area contributed by atoms with Gasteiger partial charge in [0.25, 0.3) is 0 Å². The van der Waals surface area contributed by atoms with Crippen molar-refractivity contribution >= 4 is 0 Å². The lowest BCUT2D eigenvalue weighted by atomic mass is 10.1. The van der Waals surface area contributed by atoms with Crippen LogP contribution in [-0.2, 0) is 6.42 Å². The van der Waals surface area contributed by atoms with E-state index in [1.165, 1.54) is 18.4 Å². The molecule has 1 aromatic rings. The number of likely N-dealkylation sites (N-methyl/N-ethyl adjacent to an activating group) is 1. The molecule has 0 saturated heterocycles. The van der Waals surface area contributed by atoms with Crippen LogP contribution in [0.25, 0.3) is 0 Å². The topological polar surface area (TPSA) is 15.3 Å². The Bertz CT molecular complexity index is 269. The van der Waals surface area contributed by atoms with Crippen molar-refractivity contribution < 1.29 is 0 Å². The molecule has 0 aliphatic heterocycles. The van der Waals surface area contributed by atoms with Crippen molar-refractivity contribution in [3.8, 4) is 0 Å². The van der Waals surface area contributed by atoms with Crippen molar-refractivity contribution in [2.24, 2.45) is 0 Å². The number of hydrogen-bond donors (Lipinski definition) is 1. The van der Waals surface area contributed by atoms with Gasteiger partial charge in [-0.2, -0.15) is 0 Å². The first-order chi connectivity index (χ1) is 7.70. The third-order valence-corrected chi connectivity index (χ3v) is 2.98. The van der Waals surface area contributed by atoms with Crippen molar-refractivity contribution in [3.63, 3.8) is 0 Å². The maximum atomic E-state index is 3.50. The summed E-state index contributed by atoms with van der Waals surface area (Å²) in [6.07, 6.45) is 2.38. The van der Waals surface area contributed by atoms with E-state index in [0.717, 1.165) is 13.1 Å². The molecule has 0 aliphatic carbocycles. The van der Waals surface area contributed by atoms with Gasteiger partial charge in [-0.25, -0.2) is 0 Å². The van der Waals surface area contributed by atoms with Crippen LogP contribution in [0.2, 0.25) is 0 Å². The highest BCUT2D eigenvalue weighted by Gasteiger charge is 2.02. The van der Waals surface area contributed by atoms with Crippen molar-refractivity contribution in [3.05, 3.63) is 35.9 Å². The van der Waals surface area contributed by atoms with Gasteiger partial charge < -0.3 is 10.2 Å². The lowest BCUT2D eigenvalue weighted by molar-refractivity contribution is 0.303. The largest absolute Gasteiger partial charge is 0.315 e. The van der Waals surface area contributed by atoms with E-state index in [2.05, 4.69) is 61.6 Å². The zero-order chi connectivity index (χ0) is 11.8. The van der Waals surface area contributed by atoms with Crippen LogP contribution in [0.15, 0.2) is 30.3 Å². The van der Waals surface area contributed by atoms with Crippen LogP contribution < -0.4 is 5.32 Å². The molecule has 90 valence electrons. The van der Waals surface area contributed by atoms with Crippen molar-refractivity contribution in [1.82, 2.24) is 10.2 Å². The van der Waals surface area contributed by atoms with E-state index in [1.54, 1.807) is 0 Å². The molecule has 1 atom stereocenters. The molecule has 0 saturated carbocycles. The highest BCUT2D eigenvalue weighted by atomic mass is 15.1. The first kappa shape index (κ1) is 13.2. The number of benzene rings is 1. The lowest BCUT2D eigenvalue weighted by Crippen LogP contribution is -2.35. The average molecular weight is 220 g/mol.